The van der Waals surface area contributed by atoms with Crippen molar-refractivity contribution in [3.8, 4) is 0 Å². The SMILES string of the molecule is CCN(Cc1ccccc1)[C@H]1CCCC[C@H]1NC(=O)[C@@H](N)C(C)C. The van der Waals surface area contributed by atoms with Gasteiger partial charge in [0, 0.05) is 18.6 Å². The van der Waals surface area contributed by atoms with Gasteiger partial charge < -0.3 is 11.1 Å². The Morgan fingerprint density at radius 1 is 1.25 bits per heavy atom. The van der Waals surface area contributed by atoms with Crippen LogP contribution in [0.5, 0.6) is 0 Å². The number of hydrogen-bond acceptors (Lipinski definition) is 3. The third-order valence-electron chi connectivity index (χ3n) is 5.18. The lowest BCUT2D eigenvalue weighted by atomic mass is 9.88. The number of rotatable bonds is 7. The minimum atomic E-state index is -0.420. The van der Waals surface area contributed by atoms with Crippen LogP contribution in [0.1, 0.15) is 52.0 Å². The van der Waals surface area contributed by atoms with Gasteiger partial charge in [0.25, 0.3) is 0 Å². The zero-order valence-corrected chi connectivity index (χ0v) is 15.4. The molecule has 1 aromatic carbocycles. The van der Waals surface area contributed by atoms with Crippen molar-refractivity contribution in [3.05, 3.63) is 35.9 Å². The largest absolute Gasteiger partial charge is 0.350 e. The van der Waals surface area contributed by atoms with Gasteiger partial charge in [0.1, 0.15) is 0 Å². The van der Waals surface area contributed by atoms with Crippen LogP contribution < -0.4 is 11.1 Å². The Morgan fingerprint density at radius 3 is 2.54 bits per heavy atom. The number of amides is 1. The summed E-state index contributed by atoms with van der Waals surface area (Å²) < 4.78 is 0. The lowest BCUT2D eigenvalue weighted by molar-refractivity contribution is -0.124. The van der Waals surface area contributed by atoms with E-state index in [4.69, 9.17) is 5.73 Å². The smallest absolute Gasteiger partial charge is 0.237 e. The van der Waals surface area contributed by atoms with Gasteiger partial charge in [-0.15, -0.1) is 0 Å². The molecule has 4 nitrogen and oxygen atoms in total. The second kappa shape index (κ2) is 9.19. The lowest BCUT2D eigenvalue weighted by Gasteiger charge is -2.40. The maximum Gasteiger partial charge on any atom is 0.237 e. The first-order valence-corrected chi connectivity index (χ1v) is 9.36. The molecule has 0 aromatic heterocycles. The van der Waals surface area contributed by atoms with Crippen LogP contribution in [0.25, 0.3) is 0 Å². The number of benzene rings is 1. The van der Waals surface area contributed by atoms with E-state index in [2.05, 4.69) is 47.5 Å². The molecule has 3 atom stereocenters. The minimum absolute atomic E-state index is 0.00216. The molecule has 1 aromatic rings. The zero-order chi connectivity index (χ0) is 17.5. The van der Waals surface area contributed by atoms with Gasteiger partial charge >= 0.3 is 0 Å². The fourth-order valence-corrected chi connectivity index (χ4v) is 3.58. The number of carbonyl (C=O) groups excluding carboxylic acids is 1. The van der Waals surface area contributed by atoms with Crippen molar-refractivity contribution in [1.29, 1.82) is 0 Å². The Kier molecular flexibility index (Phi) is 7.25. The lowest BCUT2D eigenvalue weighted by Crippen LogP contribution is -2.56. The maximum atomic E-state index is 12.4. The second-order valence-corrected chi connectivity index (χ2v) is 7.29. The monoisotopic (exact) mass is 331 g/mol. The summed E-state index contributed by atoms with van der Waals surface area (Å²) in [4.78, 5) is 14.9. The number of nitrogens with zero attached hydrogens (tertiary/aromatic N) is 1. The zero-order valence-electron chi connectivity index (χ0n) is 15.4. The van der Waals surface area contributed by atoms with Gasteiger partial charge in [-0.2, -0.15) is 0 Å². The fourth-order valence-electron chi connectivity index (χ4n) is 3.58. The molecule has 0 spiro atoms. The van der Waals surface area contributed by atoms with Crippen LogP contribution in [0.3, 0.4) is 0 Å². The topological polar surface area (TPSA) is 58.4 Å². The van der Waals surface area contributed by atoms with E-state index in [1.807, 2.05) is 13.8 Å². The van der Waals surface area contributed by atoms with E-state index >= 15 is 0 Å². The number of likely N-dealkylation sites (N-methyl/N-ethyl adjacent to an activating group) is 1. The van der Waals surface area contributed by atoms with Crippen molar-refractivity contribution in [2.45, 2.75) is 71.1 Å². The van der Waals surface area contributed by atoms with Crippen molar-refractivity contribution >= 4 is 5.91 Å². The van der Waals surface area contributed by atoms with Gasteiger partial charge in [0.2, 0.25) is 5.91 Å². The first kappa shape index (κ1) is 18.9. The molecule has 1 aliphatic carbocycles. The van der Waals surface area contributed by atoms with Crippen LogP contribution >= 0.6 is 0 Å². The molecule has 1 saturated carbocycles. The van der Waals surface area contributed by atoms with E-state index in [1.54, 1.807) is 0 Å². The molecule has 1 fully saturated rings. The Bertz CT molecular complexity index is 503. The standard InChI is InChI=1S/C20H33N3O/c1-4-23(14-16-10-6-5-7-11-16)18-13-9-8-12-17(18)22-20(24)19(21)15(2)3/h5-7,10-11,15,17-19H,4,8-9,12-14,21H2,1-3H3,(H,22,24)/t17-,18+,19+/m1/s1. The quantitative estimate of drug-likeness (QED) is 0.808. The number of nitrogens with one attached hydrogen (secondary N) is 1. The fraction of sp³-hybridized carbons (Fsp3) is 0.650. The maximum absolute atomic E-state index is 12.4. The summed E-state index contributed by atoms with van der Waals surface area (Å²) in [7, 11) is 0. The average molecular weight is 332 g/mol. The Labute approximate surface area is 146 Å². The van der Waals surface area contributed by atoms with Gasteiger partial charge in [-0.05, 0) is 30.9 Å². The van der Waals surface area contributed by atoms with Gasteiger partial charge in [-0.1, -0.05) is 63.9 Å². The summed E-state index contributed by atoms with van der Waals surface area (Å²) in [5.74, 6) is 0.163. The molecule has 3 N–H and O–H groups in total. The van der Waals surface area contributed by atoms with Gasteiger partial charge in [-0.25, -0.2) is 0 Å². The van der Waals surface area contributed by atoms with Crippen molar-refractivity contribution in [1.82, 2.24) is 10.2 Å². The number of nitrogens with two attached hydrogens (primary N) is 1. The molecule has 0 radical (unpaired) electrons. The normalized spacial score (nSPS) is 22.6. The Hall–Kier alpha value is -1.39. The third kappa shape index (κ3) is 5.05. The Balaban J connectivity index is 2.05. The second-order valence-electron chi connectivity index (χ2n) is 7.29. The molecule has 134 valence electrons. The molecule has 1 amide bonds. The number of hydrogen-bond donors (Lipinski definition) is 2. The highest BCUT2D eigenvalue weighted by Crippen LogP contribution is 2.25. The van der Waals surface area contributed by atoms with Crippen molar-refractivity contribution in [2.24, 2.45) is 11.7 Å². The van der Waals surface area contributed by atoms with E-state index in [0.717, 1.165) is 25.9 Å². The number of carbonyl (C=O) groups is 1. The van der Waals surface area contributed by atoms with Gasteiger partial charge in [-0.3, -0.25) is 9.69 Å². The minimum Gasteiger partial charge on any atom is -0.350 e. The predicted octanol–water partition coefficient (Wildman–Crippen LogP) is 2.92. The molecule has 0 unspecified atom stereocenters. The first-order valence-electron chi connectivity index (χ1n) is 9.36. The molecule has 0 saturated heterocycles. The van der Waals surface area contributed by atoms with Gasteiger partial charge in [0.15, 0.2) is 0 Å². The molecule has 2 rings (SSSR count). The van der Waals surface area contributed by atoms with Gasteiger partial charge in [0.05, 0.1) is 6.04 Å². The summed E-state index contributed by atoms with van der Waals surface area (Å²) in [6, 6.07) is 10.8. The summed E-state index contributed by atoms with van der Waals surface area (Å²) in [5.41, 5.74) is 7.36. The summed E-state index contributed by atoms with van der Waals surface area (Å²) in [5, 5.41) is 3.25. The van der Waals surface area contributed by atoms with Crippen LogP contribution in [0.4, 0.5) is 0 Å². The highest BCUT2D eigenvalue weighted by molar-refractivity contribution is 5.82. The van der Waals surface area contributed by atoms with Crippen molar-refractivity contribution in [3.63, 3.8) is 0 Å². The van der Waals surface area contributed by atoms with Crippen LogP contribution in [-0.2, 0) is 11.3 Å². The highest BCUT2D eigenvalue weighted by atomic mass is 16.2. The summed E-state index contributed by atoms with van der Waals surface area (Å²) >= 11 is 0. The van der Waals surface area contributed by atoms with Crippen LogP contribution in [0.15, 0.2) is 30.3 Å². The summed E-state index contributed by atoms with van der Waals surface area (Å²) in [6.45, 7) is 8.12. The molecule has 4 heteroatoms. The molecule has 1 aliphatic rings. The average Bonchev–Trinajstić information content (AvgIpc) is 2.60. The molecule has 24 heavy (non-hydrogen) atoms. The van der Waals surface area contributed by atoms with E-state index in [1.165, 1.54) is 18.4 Å². The molecule has 0 aliphatic heterocycles. The first-order chi connectivity index (χ1) is 11.5. The Morgan fingerprint density at radius 2 is 1.92 bits per heavy atom. The van der Waals surface area contributed by atoms with Crippen LogP contribution in [0.2, 0.25) is 0 Å². The van der Waals surface area contributed by atoms with E-state index in [9.17, 15) is 4.79 Å². The predicted molar refractivity (Wildman–Crippen MR) is 99.5 cm³/mol. The van der Waals surface area contributed by atoms with E-state index in [-0.39, 0.29) is 17.9 Å². The molecular weight excluding hydrogens is 298 g/mol. The van der Waals surface area contributed by atoms with E-state index in [0.29, 0.717) is 6.04 Å². The van der Waals surface area contributed by atoms with Crippen molar-refractivity contribution < 1.29 is 4.79 Å². The van der Waals surface area contributed by atoms with Crippen molar-refractivity contribution in [2.75, 3.05) is 6.54 Å². The molecule has 0 heterocycles. The molecule has 0 bridgehead atoms. The summed E-state index contributed by atoms with van der Waals surface area (Å²) in [6.07, 6.45) is 4.61. The van der Waals surface area contributed by atoms with Crippen LogP contribution in [-0.4, -0.2) is 35.5 Å². The third-order valence-corrected chi connectivity index (χ3v) is 5.18. The highest BCUT2D eigenvalue weighted by Gasteiger charge is 2.32. The molecular formula is C20H33N3O. The van der Waals surface area contributed by atoms with E-state index < -0.39 is 6.04 Å². The van der Waals surface area contributed by atoms with Crippen LogP contribution in [0, 0.1) is 5.92 Å².